The molecule has 0 bridgehead atoms. The summed E-state index contributed by atoms with van der Waals surface area (Å²) in [5, 5.41) is 3.53. The van der Waals surface area contributed by atoms with Gasteiger partial charge in [-0.2, -0.15) is 0 Å². The normalized spacial score (nSPS) is 43.9. The Hall–Kier alpha value is -0.0800. The van der Waals surface area contributed by atoms with Gasteiger partial charge in [0, 0.05) is 13.2 Å². The van der Waals surface area contributed by atoms with Gasteiger partial charge in [-0.1, -0.05) is 6.42 Å². The van der Waals surface area contributed by atoms with Crippen LogP contribution < -0.4 is 5.32 Å². The number of hydrogen-bond acceptors (Lipinski definition) is 2. The van der Waals surface area contributed by atoms with Crippen molar-refractivity contribution in [3.63, 3.8) is 0 Å². The maximum atomic E-state index is 5.44. The first kappa shape index (κ1) is 7.56. The van der Waals surface area contributed by atoms with Crippen LogP contribution in [0, 0.1) is 5.92 Å². The average Bonchev–Trinajstić information content (AvgIpc) is 2.50. The molecule has 1 N–H and O–H groups in total. The summed E-state index contributed by atoms with van der Waals surface area (Å²) in [6.45, 7) is 1.20. The summed E-state index contributed by atoms with van der Waals surface area (Å²) in [7, 11) is 1.84. The Balaban J connectivity index is 2.00. The first-order valence-corrected chi connectivity index (χ1v) is 4.68. The summed E-state index contributed by atoms with van der Waals surface area (Å²) < 4.78 is 5.44. The lowest BCUT2D eigenvalue weighted by Gasteiger charge is -2.32. The van der Waals surface area contributed by atoms with Gasteiger partial charge in [0.2, 0.25) is 0 Å². The highest BCUT2D eigenvalue weighted by molar-refractivity contribution is 4.92. The van der Waals surface area contributed by atoms with Crippen molar-refractivity contribution >= 4 is 0 Å². The van der Waals surface area contributed by atoms with Crippen molar-refractivity contribution in [1.29, 1.82) is 0 Å². The van der Waals surface area contributed by atoms with Crippen LogP contribution in [-0.2, 0) is 4.74 Å². The Labute approximate surface area is 68.3 Å². The number of rotatable bonds is 1. The van der Waals surface area contributed by atoms with E-state index >= 15 is 0 Å². The highest BCUT2D eigenvalue weighted by Gasteiger charge is 2.36. The highest BCUT2D eigenvalue weighted by atomic mass is 16.5. The molecule has 1 heterocycles. The minimum Gasteiger partial charge on any atom is -0.380 e. The molecule has 1 saturated carbocycles. The molecule has 0 spiro atoms. The van der Waals surface area contributed by atoms with E-state index in [9.17, 15) is 0 Å². The Morgan fingerprint density at radius 3 is 3.00 bits per heavy atom. The predicted octanol–water partition coefficient (Wildman–Crippen LogP) is 1.16. The summed E-state index contributed by atoms with van der Waals surface area (Å²) in [5.41, 5.74) is 0. The van der Waals surface area contributed by atoms with Crippen molar-refractivity contribution in [1.82, 2.24) is 5.32 Å². The van der Waals surface area contributed by atoms with Gasteiger partial charge in [0.1, 0.15) is 0 Å². The number of methoxy groups -OCH3 is 1. The molecule has 64 valence electrons. The Morgan fingerprint density at radius 2 is 2.18 bits per heavy atom. The zero-order chi connectivity index (χ0) is 7.68. The van der Waals surface area contributed by atoms with Crippen LogP contribution in [0.4, 0.5) is 0 Å². The van der Waals surface area contributed by atoms with Crippen LogP contribution >= 0.6 is 0 Å². The van der Waals surface area contributed by atoms with Crippen molar-refractivity contribution in [2.24, 2.45) is 5.92 Å². The number of nitrogens with one attached hydrogen (secondary N) is 1. The van der Waals surface area contributed by atoms with Gasteiger partial charge >= 0.3 is 0 Å². The molecule has 1 aliphatic carbocycles. The van der Waals surface area contributed by atoms with Gasteiger partial charge in [-0.3, -0.25) is 0 Å². The monoisotopic (exact) mass is 155 g/mol. The van der Waals surface area contributed by atoms with Gasteiger partial charge in [-0.25, -0.2) is 0 Å². The molecule has 0 aromatic heterocycles. The van der Waals surface area contributed by atoms with Gasteiger partial charge in [0.05, 0.1) is 6.10 Å². The summed E-state index contributed by atoms with van der Waals surface area (Å²) in [4.78, 5) is 0. The molecule has 2 heteroatoms. The second kappa shape index (κ2) is 3.11. The fourth-order valence-corrected chi connectivity index (χ4v) is 2.57. The van der Waals surface area contributed by atoms with E-state index in [-0.39, 0.29) is 0 Å². The summed E-state index contributed by atoms with van der Waals surface area (Å²) >= 11 is 0. The van der Waals surface area contributed by atoms with Gasteiger partial charge in [-0.15, -0.1) is 0 Å². The van der Waals surface area contributed by atoms with Crippen LogP contribution in [0.2, 0.25) is 0 Å². The molecule has 3 atom stereocenters. The molecule has 0 radical (unpaired) electrons. The van der Waals surface area contributed by atoms with E-state index in [2.05, 4.69) is 5.32 Å². The van der Waals surface area contributed by atoms with Crippen molar-refractivity contribution in [3.05, 3.63) is 0 Å². The van der Waals surface area contributed by atoms with E-state index in [0.29, 0.717) is 12.1 Å². The Morgan fingerprint density at radius 1 is 1.27 bits per heavy atom. The molecular weight excluding hydrogens is 138 g/mol. The SMILES string of the molecule is COC1CCCC2CCNC21. The lowest BCUT2D eigenvalue weighted by molar-refractivity contribution is 0.0322. The molecule has 2 aliphatic rings. The van der Waals surface area contributed by atoms with Crippen molar-refractivity contribution in [3.8, 4) is 0 Å². The van der Waals surface area contributed by atoms with Gasteiger partial charge in [0.15, 0.2) is 0 Å². The smallest absolute Gasteiger partial charge is 0.0726 e. The quantitative estimate of drug-likeness (QED) is 0.613. The molecule has 2 fully saturated rings. The molecule has 2 nitrogen and oxygen atoms in total. The molecule has 0 aromatic rings. The van der Waals surface area contributed by atoms with E-state index in [4.69, 9.17) is 4.74 Å². The number of fused-ring (bicyclic) bond motifs is 1. The van der Waals surface area contributed by atoms with Crippen LogP contribution in [-0.4, -0.2) is 25.8 Å². The van der Waals surface area contributed by atoms with Crippen LogP contribution in [0.5, 0.6) is 0 Å². The standard InChI is InChI=1S/C9H17NO/c1-11-8-4-2-3-7-5-6-10-9(7)8/h7-10H,2-6H2,1H3. The molecular formula is C9H17NO. The van der Waals surface area contributed by atoms with E-state index in [1.54, 1.807) is 0 Å². The zero-order valence-electron chi connectivity index (χ0n) is 7.18. The molecule has 0 amide bonds. The molecule has 2 rings (SSSR count). The highest BCUT2D eigenvalue weighted by Crippen LogP contribution is 2.31. The summed E-state index contributed by atoms with van der Waals surface area (Å²) in [6, 6.07) is 0.675. The third-order valence-corrected chi connectivity index (χ3v) is 3.17. The molecule has 1 aliphatic heterocycles. The van der Waals surface area contributed by atoms with E-state index in [1.807, 2.05) is 7.11 Å². The van der Waals surface area contributed by atoms with E-state index < -0.39 is 0 Å². The summed E-state index contributed by atoms with van der Waals surface area (Å²) in [6.07, 6.45) is 5.89. The second-order valence-electron chi connectivity index (χ2n) is 3.73. The maximum absolute atomic E-state index is 5.44. The molecule has 0 aromatic carbocycles. The van der Waals surface area contributed by atoms with Gasteiger partial charge in [-0.05, 0) is 31.7 Å². The fourth-order valence-electron chi connectivity index (χ4n) is 2.57. The minimum absolute atomic E-state index is 0.497. The zero-order valence-corrected chi connectivity index (χ0v) is 7.18. The molecule has 11 heavy (non-hydrogen) atoms. The summed E-state index contributed by atoms with van der Waals surface area (Å²) in [5.74, 6) is 0.911. The lowest BCUT2D eigenvalue weighted by atomic mass is 9.83. The van der Waals surface area contributed by atoms with E-state index in [0.717, 1.165) is 5.92 Å². The van der Waals surface area contributed by atoms with Crippen molar-refractivity contribution in [2.75, 3.05) is 13.7 Å². The van der Waals surface area contributed by atoms with Crippen LogP contribution in [0.3, 0.4) is 0 Å². The van der Waals surface area contributed by atoms with Crippen LogP contribution in [0.25, 0.3) is 0 Å². The first-order valence-electron chi connectivity index (χ1n) is 4.68. The third kappa shape index (κ3) is 1.30. The third-order valence-electron chi connectivity index (χ3n) is 3.17. The first-order chi connectivity index (χ1) is 5.42. The van der Waals surface area contributed by atoms with E-state index in [1.165, 1.54) is 32.2 Å². The fraction of sp³-hybridized carbons (Fsp3) is 1.00. The number of ether oxygens (including phenoxy) is 1. The van der Waals surface area contributed by atoms with Gasteiger partial charge in [0.25, 0.3) is 0 Å². The predicted molar refractivity (Wildman–Crippen MR) is 44.5 cm³/mol. The topological polar surface area (TPSA) is 21.3 Å². The van der Waals surface area contributed by atoms with Crippen molar-refractivity contribution in [2.45, 2.75) is 37.8 Å². The molecule has 1 saturated heterocycles. The van der Waals surface area contributed by atoms with Crippen molar-refractivity contribution < 1.29 is 4.74 Å². The second-order valence-corrected chi connectivity index (χ2v) is 3.73. The minimum atomic E-state index is 0.497. The number of hydrogen-bond donors (Lipinski definition) is 1. The van der Waals surface area contributed by atoms with Gasteiger partial charge < -0.3 is 10.1 Å². The Bertz CT molecular complexity index is 138. The molecule has 3 unspecified atom stereocenters. The average molecular weight is 155 g/mol. The van der Waals surface area contributed by atoms with Crippen LogP contribution in [0.1, 0.15) is 25.7 Å². The Kier molecular flexibility index (Phi) is 2.14. The largest absolute Gasteiger partial charge is 0.380 e. The maximum Gasteiger partial charge on any atom is 0.0726 e. The lowest BCUT2D eigenvalue weighted by Crippen LogP contribution is -2.42. The van der Waals surface area contributed by atoms with Crippen LogP contribution in [0.15, 0.2) is 0 Å².